The van der Waals surface area contributed by atoms with Crippen LogP contribution in [0.5, 0.6) is 0 Å². The number of hydrogen-bond donors (Lipinski definition) is 1. The van der Waals surface area contributed by atoms with Gasteiger partial charge in [0.05, 0.1) is 6.54 Å². The smallest absolute Gasteiger partial charge is 0.331 e. The molecular weight excluding hydrogens is 376 g/mol. The summed E-state index contributed by atoms with van der Waals surface area (Å²) in [5.41, 5.74) is 0.826. The van der Waals surface area contributed by atoms with Gasteiger partial charge in [-0.25, -0.2) is 4.79 Å². The molecule has 0 heterocycles. The number of nitrogens with zero attached hydrogens (tertiary/aromatic N) is 1. The van der Waals surface area contributed by atoms with Crippen LogP contribution in [0, 0.1) is 0 Å². The van der Waals surface area contributed by atoms with Gasteiger partial charge >= 0.3 is 5.97 Å². The molecule has 0 atom stereocenters. The number of amides is 2. The van der Waals surface area contributed by atoms with Crippen molar-refractivity contribution < 1.29 is 19.1 Å². The van der Waals surface area contributed by atoms with Crippen LogP contribution in [-0.4, -0.2) is 48.9 Å². The minimum Gasteiger partial charge on any atom is -0.452 e. The number of carbonyl (C=O) groups is 3. The Morgan fingerprint density at radius 1 is 1.25 bits per heavy atom. The molecule has 0 saturated heterocycles. The molecule has 0 unspecified atom stereocenters. The van der Waals surface area contributed by atoms with Crippen molar-refractivity contribution in [3.8, 4) is 0 Å². The highest BCUT2D eigenvalue weighted by Gasteiger charge is 2.16. The van der Waals surface area contributed by atoms with Gasteiger partial charge in [0.25, 0.3) is 5.91 Å². The summed E-state index contributed by atoms with van der Waals surface area (Å²) in [6, 6.07) is 7.41. The molecule has 0 radical (unpaired) electrons. The highest BCUT2D eigenvalue weighted by molar-refractivity contribution is 9.10. The summed E-state index contributed by atoms with van der Waals surface area (Å²) < 4.78 is 5.78. The van der Waals surface area contributed by atoms with E-state index in [0.717, 1.165) is 10.0 Å². The number of rotatable bonds is 8. The Morgan fingerprint density at radius 2 is 1.96 bits per heavy atom. The van der Waals surface area contributed by atoms with Crippen molar-refractivity contribution in [1.29, 1.82) is 0 Å². The predicted molar refractivity (Wildman–Crippen MR) is 95.1 cm³/mol. The van der Waals surface area contributed by atoms with E-state index >= 15 is 0 Å². The fourth-order valence-corrected chi connectivity index (χ4v) is 2.26. The molecule has 0 saturated carbocycles. The van der Waals surface area contributed by atoms with E-state index in [2.05, 4.69) is 21.2 Å². The van der Waals surface area contributed by atoms with E-state index in [9.17, 15) is 14.4 Å². The van der Waals surface area contributed by atoms with Gasteiger partial charge in [0, 0.05) is 23.6 Å². The van der Waals surface area contributed by atoms with Crippen molar-refractivity contribution in [1.82, 2.24) is 10.2 Å². The Balaban J connectivity index is 2.49. The Kier molecular flexibility index (Phi) is 8.78. The maximum atomic E-state index is 12.0. The summed E-state index contributed by atoms with van der Waals surface area (Å²) in [5, 5.41) is 2.62. The standard InChI is InChI=1S/C17H21BrN2O4/c1-3-19-15(21)11-20(4-2)16(22)12-24-17(23)10-9-13-7-5-6-8-14(13)18/h5-10H,3-4,11-12H2,1-2H3,(H,19,21)/b10-9+. The summed E-state index contributed by atoms with van der Waals surface area (Å²) >= 11 is 3.37. The molecule has 0 aliphatic heterocycles. The van der Waals surface area contributed by atoms with Gasteiger partial charge in [0.2, 0.25) is 5.91 Å². The Bertz CT molecular complexity index is 616. The zero-order valence-corrected chi connectivity index (χ0v) is 15.3. The minimum absolute atomic E-state index is 0.0481. The van der Waals surface area contributed by atoms with Crippen molar-refractivity contribution in [2.24, 2.45) is 0 Å². The second-order valence-corrected chi connectivity index (χ2v) is 5.68. The topological polar surface area (TPSA) is 75.7 Å². The quantitative estimate of drug-likeness (QED) is 0.538. The lowest BCUT2D eigenvalue weighted by molar-refractivity contribution is -0.148. The lowest BCUT2D eigenvalue weighted by atomic mass is 10.2. The maximum absolute atomic E-state index is 12.0. The lowest BCUT2D eigenvalue weighted by Gasteiger charge is -2.19. The van der Waals surface area contributed by atoms with Gasteiger partial charge in [0.1, 0.15) is 0 Å². The predicted octanol–water partition coefficient (Wildman–Crippen LogP) is 1.99. The van der Waals surface area contributed by atoms with Crippen LogP contribution in [0.1, 0.15) is 19.4 Å². The summed E-state index contributed by atoms with van der Waals surface area (Å²) in [4.78, 5) is 36.5. The van der Waals surface area contributed by atoms with E-state index in [1.165, 1.54) is 11.0 Å². The fraction of sp³-hybridized carbons (Fsp3) is 0.353. The molecule has 2 amide bonds. The molecule has 1 aromatic carbocycles. The molecule has 7 heteroatoms. The number of likely N-dealkylation sites (N-methyl/N-ethyl adjacent to an activating group) is 2. The normalized spacial score (nSPS) is 10.5. The summed E-state index contributed by atoms with van der Waals surface area (Å²) in [7, 11) is 0. The Morgan fingerprint density at radius 3 is 2.58 bits per heavy atom. The first-order valence-electron chi connectivity index (χ1n) is 7.61. The van der Waals surface area contributed by atoms with E-state index in [0.29, 0.717) is 13.1 Å². The van der Waals surface area contributed by atoms with Crippen LogP contribution in [0.2, 0.25) is 0 Å². The van der Waals surface area contributed by atoms with Crippen LogP contribution in [0.4, 0.5) is 0 Å². The number of esters is 1. The van der Waals surface area contributed by atoms with Crippen molar-refractivity contribution in [2.45, 2.75) is 13.8 Å². The Labute approximate surface area is 150 Å². The average Bonchev–Trinajstić information content (AvgIpc) is 2.57. The van der Waals surface area contributed by atoms with Gasteiger partial charge < -0.3 is 15.0 Å². The highest BCUT2D eigenvalue weighted by atomic mass is 79.9. The van der Waals surface area contributed by atoms with E-state index < -0.39 is 18.5 Å². The first-order chi connectivity index (χ1) is 11.5. The first kappa shape index (κ1) is 19.9. The van der Waals surface area contributed by atoms with Gasteiger partial charge in [-0.1, -0.05) is 34.1 Å². The number of benzene rings is 1. The summed E-state index contributed by atoms with van der Waals surface area (Å²) in [6.45, 7) is 3.97. The van der Waals surface area contributed by atoms with E-state index in [1.807, 2.05) is 24.3 Å². The minimum atomic E-state index is -0.617. The molecule has 24 heavy (non-hydrogen) atoms. The molecule has 0 bridgehead atoms. The van der Waals surface area contributed by atoms with Crippen LogP contribution in [0.15, 0.2) is 34.8 Å². The van der Waals surface area contributed by atoms with Crippen molar-refractivity contribution in [3.05, 3.63) is 40.4 Å². The van der Waals surface area contributed by atoms with Crippen LogP contribution >= 0.6 is 15.9 Å². The highest BCUT2D eigenvalue weighted by Crippen LogP contribution is 2.17. The number of carbonyl (C=O) groups excluding carboxylic acids is 3. The molecular formula is C17H21BrN2O4. The molecule has 130 valence electrons. The molecule has 1 N–H and O–H groups in total. The second-order valence-electron chi connectivity index (χ2n) is 4.82. The van der Waals surface area contributed by atoms with Crippen LogP contribution in [-0.2, 0) is 19.1 Å². The molecule has 6 nitrogen and oxygen atoms in total. The molecule has 0 fully saturated rings. The van der Waals surface area contributed by atoms with Crippen LogP contribution < -0.4 is 5.32 Å². The van der Waals surface area contributed by atoms with Gasteiger partial charge in [-0.2, -0.15) is 0 Å². The van der Waals surface area contributed by atoms with Crippen molar-refractivity contribution >= 4 is 39.8 Å². The average molecular weight is 397 g/mol. The van der Waals surface area contributed by atoms with Gasteiger partial charge in [-0.15, -0.1) is 0 Å². The lowest BCUT2D eigenvalue weighted by Crippen LogP contribution is -2.42. The zero-order valence-electron chi connectivity index (χ0n) is 13.8. The van der Waals surface area contributed by atoms with Gasteiger partial charge in [-0.3, -0.25) is 9.59 Å². The monoisotopic (exact) mass is 396 g/mol. The summed E-state index contributed by atoms with van der Waals surface area (Å²) in [5.74, 6) is -1.27. The number of ether oxygens (including phenoxy) is 1. The number of halogens is 1. The number of hydrogen-bond acceptors (Lipinski definition) is 4. The first-order valence-corrected chi connectivity index (χ1v) is 8.41. The molecule has 0 aliphatic rings. The molecule has 1 aromatic rings. The maximum Gasteiger partial charge on any atom is 0.331 e. The third-order valence-corrected chi connectivity index (χ3v) is 3.81. The summed E-state index contributed by atoms with van der Waals surface area (Å²) in [6.07, 6.45) is 2.86. The molecule has 0 aliphatic carbocycles. The van der Waals surface area contributed by atoms with Crippen LogP contribution in [0.25, 0.3) is 6.08 Å². The van der Waals surface area contributed by atoms with Crippen molar-refractivity contribution in [2.75, 3.05) is 26.2 Å². The largest absolute Gasteiger partial charge is 0.452 e. The van der Waals surface area contributed by atoms with E-state index in [4.69, 9.17) is 4.74 Å². The fourth-order valence-electron chi connectivity index (χ4n) is 1.84. The van der Waals surface area contributed by atoms with Gasteiger partial charge in [-0.05, 0) is 31.6 Å². The SMILES string of the molecule is CCNC(=O)CN(CC)C(=O)COC(=O)/C=C/c1ccccc1Br. The van der Waals surface area contributed by atoms with Crippen LogP contribution in [0.3, 0.4) is 0 Å². The zero-order chi connectivity index (χ0) is 17.9. The third-order valence-electron chi connectivity index (χ3n) is 3.08. The molecule has 0 spiro atoms. The third kappa shape index (κ3) is 6.95. The second kappa shape index (κ2) is 10.6. The molecule has 1 rings (SSSR count). The van der Waals surface area contributed by atoms with E-state index in [1.54, 1.807) is 19.9 Å². The van der Waals surface area contributed by atoms with E-state index in [-0.39, 0.29) is 12.5 Å². The van der Waals surface area contributed by atoms with Crippen molar-refractivity contribution in [3.63, 3.8) is 0 Å². The molecule has 0 aromatic heterocycles. The Hall–Kier alpha value is -2.15. The number of nitrogens with one attached hydrogen (secondary N) is 1. The van der Waals surface area contributed by atoms with Gasteiger partial charge in [0.15, 0.2) is 6.61 Å².